The van der Waals surface area contributed by atoms with Gasteiger partial charge in [-0.2, -0.15) is 0 Å². The first kappa shape index (κ1) is 15.9. The fourth-order valence-corrected chi connectivity index (χ4v) is 3.18. The van der Waals surface area contributed by atoms with Crippen LogP contribution in [0.5, 0.6) is 0 Å². The molecule has 1 aliphatic rings. The molecule has 4 nitrogen and oxygen atoms in total. The lowest BCUT2D eigenvalue weighted by molar-refractivity contribution is -0.132. The van der Waals surface area contributed by atoms with E-state index >= 15 is 0 Å². The number of ether oxygens (including phenoxy) is 1. The second-order valence-electron chi connectivity index (χ2n) is 4.31. The van der Waals surface area contributed by atoms with Crippen LogP contribution in [0.3, 0.4) is 0 Å². The van der Waals surface area contributed by atoms with Crippen molar-refractivity contribution in [3.63, 3.8) is 0 Å². The molecule has 1 atom stereocenters. The van der Waals surface area contributed by atoms with Gasteiger partial charge in [0.05, 0.1) is 6.73 Å². The van der Waals surface area contributed by atoms with Crippen molar-refractivity contribution in [3.05, 3.63) is 0 Å². The number of carbonyl (C=O) groups excluding carboxylic acids is 1. The summed E-state index contributed by atoms with van der Waals surface area (Å²) in [4.78, 5) is 14.1. The zero-order chi connectivity index (χ0) is 13.4. The van der Waals surface area contributed by atoms with Crippen LogP contribution in [0.1, 0.15) is 32.6 Å². The second-order valence-corrected chi connectivity index (χ2v) is 6.04. The smallest absolute Gasteiger partial charge is 0.231 e. The Balaban J connectivity index is 2.51. The standard InChI is InChI=1S/C12H22N2O2S2/c1-2-3-4-10(5-7-16-9-13)11(15)14-6-8-18-12(14)17/h10H,2-9,13H2,1H3. The van der Waals surface area contributed by atoms with Gasteiger partial charge >= 0.3 is 0 Å². The van der Waals surface area contributed by atoms with E-state index in [9.17, 15) is 4.79 Å². The van der Waals surface area contributed by atoms with Gasteiger partial charge in [-0.15, -0.1) is 0 Å². The molecule has 1 fully saturated rings. The second kappa shape index (κ2) is 8.85. The van der Waals surface area contributed by atoms with Gasteiger partial charge in [-0.3, -0.25) is 9.69 Å². The maximum Gasteiger partial charge on any atom is 0.231 e. The number of nitrogens with two attached hydrogens (primary N) is 1. The van der Waals surface area contributed by atoms with Gasteiger partial charge in [-0.1, -0.05) is 43.7 Å². The number of thiocarbonyl (C=S) groups is 1. The average molecular weight is 290 g/mol. The maximum atomic E-state index is 12.4. The van der Waals surface area contributed by atoms with E-state index < -0.39 is 0 Å². The molecule has 1 aliphatic heterocycles. The van der Waals surface area contributed by atoms with Gasteiger partial charge in [0.15, 0.2) is 0 Å². The Kier molecular flexibility index (Phi) is 7.81. The molecule has 0 aromatic rings. The summed E-state index contributed by atoms with van der Waals surface area (Å²) in [5.74, 6) is 1.11. The number of amides is 1. The van der Waals surface area contributed by atoms with Crippen molar-refractivity contribution in [1.82, 2.24) is 4.90 Å². The molecule has 0 saturated carbocycles. The average Bonchev–Trinajstić information content (AvgIpc) is 2.79. The van der Waals surface area contributed by atoms with Crippen LogP contribution in [0.2, 0.25) is 0 Å². The molecule has 1 rings (SSSR count). The van der Waals surface area contributed by atoms with E-state index in [1.54, 1.807) is 16.7 Å². The summed E-state index contributed by atoms with van der Waals surface area (Å²) < 4.78 is 5.88. The van der Waals surface area contributed by atoms with Crippen LogP contribution in [0, 0.1) is 5.92 Å². The van der Waals surface area contributed by atoms with Gasteiger partial charge in [0.25, 0.3) is 0 Å². The van der Waals surface area contributed by atoms with E-state index in [0.29, 0.717) is 6.61 Å². The topological polar surface area (TPSA) is 55.6 Å². The number of rotatable bonds is 8. The highest BCUT2D eigenvalue weighted by molar-refractivity contribution is 8.23. The third-order valence-corrected chi connectivity index (χ3v) is 4.44. The predicted molar refractivity (Wildman–Crippen MR) is 79.4 cm³/mol. The van der Waals surface area contributed by atoms with Crippen molar-refractivity contribution in [2.75, 3.05) is 25.6 Å². The van der Waals surface area contributed by atoms with Gasteiger partial charge in [-0.25, -0.2) is 0 Å². The van der Waals surface area contributed by atoms with E-state index in [0.717, 1.165) is 42.3 Å². The largest absolute Gasteiger partial charge is 0.367 e. The van der Waals surface area contributed by atoms with Gasteiger partial charge in [0, 0.05) is 24.8 Å². The van der Waals surface area contributed by atoms with Crippen molar-refractivity contribution < 1.29 is 9.53 Å². The summed E-state index contributed by atoms with van der Waals surface area (Å²) in [5, 5.41) is 0. The summed E-state index contributed by atoms with van der Waals surface area (Å²) in [7, 11) is 0. The number of carbonyl (C=O) groups is 1. The first-order valence-corrected chi connectivity index (χ1v) is 7.86. The summed E-state index contributed by atoms with van der Waals surface area (Å²) in [6.45, 7) is 3.65. The quantitative estimate of drug-likeness (QED) is 0.421. The number of thioether (sulfide) groups is 1. The Bertz CT molecular complexity index is 287. The molecule has 18 heavy (non-hydrogen) atoms. The minimum absolute atomic E-state index is 0.0214. The molecule has 2 N–H and O–H groups in total. The van der Waals surface area contributed by atoms with Gasteiger partial charge in [0.1, 0.15) is 4.32 Å². The van der Waals surface area contributed by atoms with E-state index in [-0.39, 0.29) is 18.6 Å². The van der Waals surface area contributed by atoms with Crippen molar-refractivity contribution in [2.45, 2.75) is 32.6 Å². The highest BCUT2D eigenvalue weighted by Gasteiger charge is 2.29. The lowest BCUT2D eigenvalue weighted by Crippen LogP contribution is -2.36. The molecule has 104 valence electrons. The van der Waals surface area contributed by atoms with Gasteiger partial charge in [-0.05, 0) is 12.8 Å². The van der Waals surface area contributed by atoms with E-state index in [1.165, 1.54) is 0 Å². The highest BCUT2D eigenvalue weighted by atomic mass is 32.2. The molecule has 0 aliphatic carbocycles. The van der Waals surface area contributed by atoms with Crippen LogP contribution >= 0.6 is 24.0 Å². The number of nitrogens with zero attached hydrogens (tertiary/aromatic N) is 1. The Hall–Kier alpha value is -0.170. The molecule has 1 heterocycles. The molecule has 0 bridgehead atoms. The molecule has 0 aromatic carbocycles. The lowest BCUT2D eigenvalue weighted by atomic mass is 9.97. The van der Waals surface area contributed by atoms with Crippen molar-refractivity contribution >= 4 is 34.2 Å². The fourth-order valence-electron chi connectivity index (χ4n) is 1.96. The summed E-state index contributed by atoms with van der Waals surface area (Å²) in [6.07, 6.45) is 3.81. The van der Waals surface area contributed by atoms with Crippen molar-refractivity contribution in [1.29, 1.82) is 0 Å². The van der Waals surface area contributed by atoms with Crippen LogP contribution < -0.4 is 5.73 Å². The lowest BCUT2D eigenvalue weighted by Gasteiger charge is -2.22. The molecular formula is C12H22N2O2S2. The van der Waals surface area contributed by atoms with Crippen molar-refractivity contribution in [3.8, 4) is 0 Å². The van der Waals surface area contributed by atoms with E-state index in [2.05, 4.69) is 6.92 Å². The number of hydrogen-bond donors (Lipinski definition) is 1. The van der Waals surface area contributed by atoms with E-state index in [4.69, 9.17) is 22.7 Å². The monoisotopic (exact) mass is 290 g/mol. The van der Waals surface area contributed by atoms with Crippen LogP contribution in [0.25, 0.3) is 0 Å². The zero-order valence-electron chi connectivity index (χ0n) is 10.9. The van der Waals surface area contributed by atoms with Crippen LogP contribution in [-0.2, 0) is 9.53 Å². The number of hydrogen-bond acceptors (Lipinski definition) is 5. The van der Waals surface area contributed by atoms with Crippen LogP contribution in [0.15, 0.2) is 0 Å². The predicted octanol–water partition coefficient (Wildman–Crippen LogP) is 1.98. The third kappa shape index (κ3) is 4.84. The first-order valence-electron chi connectivity index (χ1n) is 6.46. The van der Waals surface area contributed by atoms with Crippen LogP contribution in [0.4, 0.5) is 0 Å². The van der Waals surface area contributed by atoms with E-state index in [1.807, 2.05) is 0 Å². The van der Waals surface area contributed by atoms with Gasteiger partial charge < -0.3 is 10.5 Å². The highest BCUT2D eigenvalue weighted by Crippen LogP contribution is 2.23. The third-order valence-electron chi connectivity index (χ3n) is 3.01. The normalized spacial score (nSPS) is 17.2. The zero-order valence-corrected chi connectivity index (χ0v) is 12.5. The Morgan fingerprint density at radius 2 is 2.39 bits per heavy atom. The summed E-state index contributed by atoms with van der Waals surface area (Å²) >= 11 is 6.79. The summed E-state index contributed by atoms with van der Waals surface area (Å²) in [6, 6.07) is 0. The molecule has 0 spiro atoms. The van der Waals surface area contributed by atoms with Crippen molar-refractivity contribution in [2.24, 2.45) is 11.7 Å². The Morgan fingerprint density at radius 3 is 2.94 bits per heavy atom. The Labute approximate surface area is 119 Å². The molecule has 0 aromatic heterocycles. The fraction of sp³-hybridized carbons (Fsp3) is 0.833. The first-order chi connectivity index (χ1) is 8.70. The van der Waals surface area contributed by atoms with Crippen LogP contribution in [-0.4, -0.2) is 40.8 Å². The minimum Gasteiger partial charge on any atom is -0.367 e. The van der Waals surface area contributed by atoms with Gasteiger partial charge in [0.2, 0.25) is 5.91 Å². The maximum absolute atomic E-state index is 12.4. The molecule has 1 unspecified atom stereocenters. The number of unbranched alkanes of at least 4 members (excludes halogenated alkanes) is 1. The molecule has 6 heteroatoms. The molecular weight excluding hydrogens is 268 g/mol. The molecule has 1 amide bonds. The minimum atomic E-state index is 0.0214. The Morgan fingerprint density at radius 1 is 1.61 bits per heavy atom. The summed E-state index contributed by atoms with van der Waals surface area (Å²) in [5.41, 5.74) is 5.29. The molecule has 0 radical (unpaired) electrons. The molecule has 1 saturated heterocycles. The SMILES string of the molecule is CCCCC(CCOCN)C(=O)N1CCSC1=S.